The molecule has 1 aliphatic rings. The van der Waals surface area contributed by atoms with Crippen LogP contribution in [0, 0.1) is 12.8 Å². The molecule has 2 aromatic heterocycles. The summed E-state index contributed by atoms with van der Waals surface area (Å²) in [6, 6.07) is 0. The summed E-state index contributed by atoms with van der Waals surface area (Å²) in [5.41, 5.74) is 2.34. The normalized spacial score (nSPS) is 19.2. The molecule has 0 amide bonds. The molecule has 24 heavy (non-hydrogen) atoms. The van der Waals surface area contributed by atoms with E-state index in [4.69, 9.17) is 0 Å². The lowest BCUT2D eigenvalue weighted by atomic mass is 9.95. The molecular formula is C18H27N5S. The van der Waals surface area contributed by atoms with Gasteiger partial charge in [0.15, 0.2) is 0 Å². The van der Waals surface area contributed by atoms with Crippen LogP contribution >= 0.6 is 11.3 Å². The molecule has 5 nitrogen and oxygen atoms in total. The van der Waals surface area contributed by atoms with Crippen molar-refractivity contribution in [1.82, 2.24) is 19.9 Å². The van der Waals surface area contributed by atoms with Crippen molar-refractivity contribution < 1.29 is 0 Å². The zero-order valence-electron chi connectivity index (χ0n) is 14.9. The van der Waals surface area contributed by atoms with E-state index in [1.807, 2.05) is 31.4 Å². The summed E-state index contributed by atoms with van der Waals surface area (Å²) < 4.78 is 0. The Morgan fingerprint density at radius 3 is 2.71 bits per heavy atom. The number of likely N-dealkylation sites (tertiary alicyclic amines) is 1. The van der Waals surface area contributed by atoms with Crippen LogP contribution in [0.2, 0.25) is 0 Å². The van der Waals surface area contributed by atoms with Crippen LogP contribution in [0.25, 0.3) is 0 Å². The summed E-state index contributed by atoms with van der Waals surface area (Å²) in [6.45, 7) is 5.41. The zero-order chi connectivity index (χ0) is 16.9. The average molecular weight is 346 g/mol. The Morgan fingerprint density at radius 2 is 2.04 bits per heavy atom. The monoisotopic (exact) mass is 345 g/mol. The lowest BCUT2D eigenvalue weighted by Gasteiger charge is -2.19. The number of anilines is 1. The van der Waals surface area contributed by atoms with Crippen LogP contribution in [-0.2, 0) is 13.0 Å². The third kappa shape index (κ3) is 4.74. The van der Waals surface area contributed by atoms with Gasteiger partial charge in [0.1, 0.15) is 5.82 Å². The fourth-order valence-corrected chi connectivity index (χ4v) is 3.88. The Hall–Kier alpha value is -1.53. The maximum atomic E-state index is 4.60. The molecule has 6 heteroatoms. The molecule has 130 valence electrons. The van der Waals surface area contributed by atoms with Gasteiger partial charge in [-0.05, 0) is 51.6 Å². The molecule has 1 aliphatic heterocycles. The van der Waals surface area contributed by atoms with Gasteiger partial charge in [-0.2, -0.15) is 0 Å². The Kier molecular flexibility index (Phi) is 5.79. The fraction of sp³-hybridized carbons (Fsp3) is 0.611. The Balaban J connectivity index is 1.51. The average Bonchev–Trinajstić information content (AvgIpc) is 2.84. The zero-order valence-corrected chi connectivity index (χ0v) is 15.7. The van der Waals surface area contributed by atoms with E-state index >= 15 is 0 Å². The van der Waals surface area contributed by atoms with Crippen LogP contribution in [0.15, 0.2) is 17.8 Å². The lowest BCUT2D eigenvalue weighted by molar-refractivity contribution is 0.269. The quantitative estimate of drug-likeness (QED) is 0.833. The summed E-state index contributed by atoms with van der Waals surface area (Å²) in [7, 11) is 3.99. The topological polar surface area (TPSA) is 45.2 Å². The molecule has 0 radical (unpaired) electrons. The highest BCUT2D eigenvalue weighted by Crippen LogP contribution is 2.22. The Bertz CT molecular complexity index is 637. The number of thiazole rings is 1. The summed E-state index contributed by atoms with van der Waals surface area (Å²) in [6.07, 6.45) is 8.64. The summed E-state index contributed by atoms with van der Waals surface area (Å²) in [5, 5.41) is 3.36. The number of hydrogen-bond acceptors (Lipinski definition) is 6. The fourth-order valence-electron chi connectivity index (χ4n) is 3.28. The predicted molar refractivity (Wildman–Crippen MR) is 99.5 cm³/mol. The second-order valence-corrected chi connectivity index (χ2v) is 7.96. The van der Waals surface area contributed by atoms with Gasteiger partial charge in [-0.3, -0.25) is 9.88 Å². The maximum Gasteiger partial charge on any atom is 0.146 e. The molecule has 1 fully saturated rings. The van der Waals surface area contributed by atoms with Gasteiger partial charge < -0.3 is 4.90 Å². The van der Waals surface area contributed by atoms with Gasteiger partial charge in [-0.25, -0.2) is 9.97 Å². The van der Waals surface area contributed by atoms with Crippen molar-refractivity contribution in [3.63, 3.8) is 0 Å². The van der Waals surface area contributed by atoms with E-state index in [1.165, 1.54) is 31.5 Å². The first-order valence-corrected chi connectivity index (χ1v) is 9.59. The highest BCUT2D eigenvalue weighted by atomic mass is 32.1. The molecule has 1 unspecified atom stereocenters. The van der Waals surface area contributed by atoms with Gasteiger partial charge in [0.25, 0.3) is 0 Å². The van der Waals surface area contributed by atoms with Crippen LogP contribution in [0.1, 0.15) is 35.7 Å². The first kappa shape index (κ1) is 17.3. The van der Waals surface area contributed by atoms with Crippen molar-refractivity contribution in [2.45, 2.75) is 39.2 Å². The minimum absolute atomic E-state index is 0.715. The molecule has 3 rings (SSSR count). The van der Waals surface area contributed by atoms with Crippen LogP contribution in [0.5, 0.6) is 0 Å². The van der Waals surface area contributed by atoms with E-state index in [9.17, 15) is 0 Å². The van der Waals surface area contributed by atoms with E-state index in [-0.39, 0.29) is 0 Å². The number of aromatic nitrogens is 3. The first-order valence-electron chi connectivity index (χ1n) is 8.72. The second-order valence-electron chi connectivity index (χ2n) is 6.90. The smallest absolute Gasteiger partial charge is 0.146 e. The Morgan fingerprint density at radius 1 is 1.17 bits per heavy atom. The summed E-state index contributed by atoms with van der Waals surface area (Å²) in [5.74, 6) is 1.64. The molecule has 1 saturated heterocycles. The molecule has 1 atom stereocenters. The Labute approximate surface area is 148 Å². The minimum Gasteiger partial charge on any atom is -0.361 e. The highest BCUT2D eigenvalue weighted by molar-refractivity contribution is 7.09. The molecule has 3 heterocycles. The van der Waals surface area contributed by atoms with Crippen LogP contribution in [0.3, 0.4) is 0 Å². The molecule has 0 aliphatic carbocycles. The largest absolute Gasteiger partial charge is 0.361 e. The SMILES string of the molecule is Cc1nc(CN2CCCC(Cc3cnc(N(C)C)cn3)CC2)cs1. The van der Waals surface area contributed by atoms with Gasteiger partial charge in [0.2, 0.25) is 0 Å². The van der Waals surface area contributed by atoms with E-state index in [0.717, 1.165) is 36.0 Å². The van der Waals surface area contributed by atoms with Gasteiger partial charge in [0.05, 0.1) is 28.8 Å². The van der Waals surface area contributed by atoms with Gasteiger partial charge in [0, 0.05) is 26.0 Å². The van der Waals surface area contributed by atoms with Gasteiger partial charge in [-0.1, -0.05) is 0 Å². The standard InChI is InChI=1S/C18H27N5S/c1-14-21-17(13-24-14)12-23-7-4-5-15(6-8-23)9-16-10-20-18(11-19-16)22(2)3/h10-11,13,15H,4-9,12H2,1-3H3. The van der Waals surface area contributed by atoms with Crippen molar-refractivity contribution in [2.75, 3.05) is 32.1 Å². The lowest BCUT2D eigenvalue weighted by Crippen LogP contribution is -2.24. The van der Waals surface area contributed by atoms with E-state index in [0.29, 0.717) is 5.92 Å². The summed E-state index contributed by atoms with van der Waals surface area (Å²) in [4.78, 5) is 18.2. The molecule has 0 N–H and O–H groups in total. The van der Waals surface area contributed by atoms with Crippen molar-refractivity contribution in [1.29, 1.82) is 0 Å². The molecule has 0 bridgehead atoms. The molecular weight excluding hydrogens is 318 g/mol. The van der Waals surface area contributed by atoms with Crippen molar-refractivity contribution in [3.8, 4) is 0 Å². The van der Waals surface area contributed by atoms with Crippen molar-refractivity contribution in [3.05, 3.63) is 34.2 Å². The van der Waals surface area contributed by atoms with E-state index in [2.05, 4.69) is 32.2 Å². The maximum absolute atomic E-state index is 4.60. The third-order valence-electron chi connectivity index (χ3n) is 4.64. The number of nitrogens with zero attached hydrogens (tertiary/aromatic N) is 5. The van der Waals surface area contributed by atoms with Crippen molar-refractivity contribution in [2.24, 2.45) is 5.92 Å². The number of aryl methyl sites for hydroxylation is 1. The third-order valence-corrected chi connectivity index (χ3v) is 5.46. The first-order chi connectivity index (χ1) is 11.6. The molecule has 0 spiro atoms. The van der Waals surface area contributed by atoms with Crippen LogP contribution in [0.4, 0.5) is 5.82 Å². The molecule has 0 aromatic carbocycles. The van der Waals surface area contributed by atoms with Crippen LogP contribution < -0.4 is 4.90 Å². The number of hydrogen-bond donors (Lipinski definition) is 0. The summed E-state index contributed by atoms with van der Waals surface area (Å²) >= 11 is 1.75. The predicted octanol–water partition coefficient (Wildman–Crippen LogP) is 3.15. The molecule has 0 saturated carbocycles. The van der Waals surface area contributed by atoms with E-state index < -0.39 is 0 Å². The van der Waals surface area contributed by atoms with Gasteiger partial charge >= 0.3 is 0 Å². The van der Waals surface area contributed by atoms with Gasteiger partial charge in [-0.15, -0.1) is 11.3 Å². The second kappa shape index (κ2) is 8.03. The minimum atomic E-state index is 0.715. The van der Waals surface area contributed by atoms with E-state index in [1.54, 1.807) is 11.3 Å². The molecule has 2 aromatic rings. The van der Waals surface area contributed by atoms with Crippen LogP contribution in [-0.4, -0.2) is 47.0 Å². The highest BCUT2D eigenvalue weighted by Gasteiger charge is 2.18. The van der Waals surface area contributed by atoms with Crippen molar-refractivity contribution >= 4 is 17.2 Å². The number of rotatable bonds is 5.